The van der Waals surface area contributed by atoms with Gasteiger partial charge in [0, 0.05) is 18.6 Å². The number of nitrogens with zero attached hydrogens (tertiary/aromatic N) is 2. The van der Waals surface area contributed by atoms with Crippen molar-refractivity contribution in [3.8, 4) is 0 Å². The predicted molar refractivity (Wildman–Crippen MR) is 73.3 cm³/mol. The lowest BCUT2D eigenvalue weighted by Crippen LogP contribution is -2.25. The second-order valence-electron chi connectivity index (χ2n) is 4.83. The van der Waals surface area contributed by atoms with Gasteiger partial charge in [-0.3, -0.25) is 0 Å². The zero-order valence-electron chi connectivity index (χ0n) is 11.2. The summed E-state index contributed by atoms with van der Waals surface area (Å²) in [5.74, 6) is 2.23. The molecule has 0 amide bonds. The first kappa shape index (κ1) is 13.6. The first-order valence-corrected chi connectivity index (χ1v) is 6.83. The van der Waals surface area contributed by atoms with E-state index in [1.54, 1.807) is 7.11 Å². The molecule has 1 saturated carbocycles. The summed E-state index contributed by atoms with van der Waals surface area (Å²) < 4.78 is 5.19. The topological polar surface area (TPSA) is 47.0 Å². The second kappa shape index (κ2) is 5.85. The Bertz CT molecular complexity index is 421. The van der Waals surface area contributed by atoms with Crippen molar-refractivity contribution < 1.29 is 4.74 Å². The van der Waals surface area contributed by atoms with Crippen molar-refractivity contribution in [3.05, 3.63) is 16.5 Å². The Hall–Kier alpha value is -0.870. The summed E-state index contributed by atoms with van der Waals surface area (Å²) in [6, 6.07) is 0.256. The SMILES string of the molecule is CCC(COC)Nc1nc(C2CC2)nc(Cl)c1C. The largest absolute Gasteiger partial charge is 0.383 e. The molecule has 1 aromatic rings. The van der Waals surface area contributed by atoms with Gasteiger partial charge in [-0.2, -0.15) is 0 Å². The lowest BCUT2D eigenvalue weighted by atomic mass is 10.2. The zero-order chi connectivity index (χ0) is 13.1. The number of methoxy groups -OCH3 is 1. The molecule has 0 aromatic carbocycles. The molecule has 1 unspecified atom stereocenters. The van der Waals surface area contributed by atoms with Crippen LogP contribution in [0.1, 0.15) is 43.5 Å². The van der Waals surface area contributed by atoms with Crippen LogP contribution >= 0.6 is 11.6 Å². The number of hydrogen-bond acceptors (Lipinski definition) is 4. The lowest BCUT2D eigenvalue weighted by Gasteiger charge is -2.18. The number of halogens is 1. The third-order valence-electron chi connectivity index (χ3n) is 3.25. The van der Waals surface area contributed by atoms with E-state index in [2.05, 4.69) is 22.2 Å². The zero-order valence-corrected chi connectivity index (χ0v) is 11.9. The van der Waals surface area contributed by atoms with Crippen molar-refractivity contribution >= 4 is 17.4 Å². The van der Waals surface area contributed by atoms with Crippen LogP contribution in [-0.2, 0) is 4.74 Å². The van der Waals surface area contributed by atoms with Crippen LogP contribution < -0.4 is 5.32 Å². The summed E-state index contributed by atoms with van der Waals surface area (Å²) >= 11 is 6.17. The summed E-state index contributed by atoms with van der Waals surface area (Å²) in [4.78, 5) is 8.96. The quantitative estimate of drug-likeness (QED) is 0.806. The van der Waals surface area contributed by atoms with Gasteiger partial charge in [-0.25, -0.2) is 9.97 Å². The minimum atomic E-state index is 0.256. The fourth-order valence-electron chi connectivity index (χ4n) is 1.83. The molecule has 1 aliphatic carbocycles. The van der Waals surface area contributed by atoms with Gasteiger partial charge >= 0.3 is 0 Å². The molecule has 1 aliphatic rings. The van der Waals surface area contributed by atoms with Crippen LogP contribution in [0.2, 0.25) is 5.15 Å². The molecule has 0 aliphatic heterocycles. The highest BCUT2D eigenvalue weighted by atomic mass is 35.5. The molecule has 0 saturated heterocycles. The molecule has 1 fully saturated rings. The number of aromatic nitrogens is 2. The summed E-state index contributed by atoms with van der Waals surface area (Å²) in [5.41, 5.74) is 0.913. The van der Waals surface area contributed by atoms with Crippen molar-refractivity contribution in [1.29, 1.82) is 0 Å². The van der Waals surface area contributed by atoms with E-state index in [9.17, 15) is 0 Å². The minimum absolute atomic E-state index is 0.256. The molecule has 2 rings (SSSR count). The van der Waals surface area contributed by atoms with E-state index in [4.69, 9.17) is 16.3 Å². The highest BCUT2D eigenvalue weighted by Gasteiger charge is 2.28. The van der Waals surface area contributed by atoms with E-state index >= 15 is 0 Å². The van der Waals surface area contributed by atoms with Crippen molar-refractivity contribution in [2.24, 2.45) is 0 Å². The number of nitrogens with one attached hydrogen (secondary N) is 1. The lowest BCUT2D eigenvalue weighted by molar-refractivity contribution is 0.184. The molecule has 4 nitrogen and oxygen atoms in total. The normalized spacial score (nSPS) is 16.7. The summed E-state index contributed by atoms with van der Waals surface area (Å²) in [5, 5.41) is 3.96. The summed E-state index contributed by atoms with van der Waals surface area (Å²) in [6.07, 6.45) is 3.33. The molecular formula is C13H20ClN3O. The number of rotatable bonds is 6. The molecule has 0 radical (unpaired) electrons. The Labute approximate surface area is 113 Å². The Morgan fingerprint density at radius 1 is 1.44 bits per heavy atom. The van der Waals surface area contributed by atoms with E-state index in [1.165, 1.54) is 12.8 Å². The van der Waals surface area contributed by atoms with E-state index in [-0.39, 0.29) is 6.04 Å². The van der Waals surface area contributed by atoms with Crippen molar-refractivity contribution in [3.63, 3.8) is 0 Å². The molecule has 1 heterocycles. The first-order valence-electron chi connectivity index (χ1n) is 6.45. The van der Waals surface area contributed by atoms with E-state index < -0.39 is 0 Å². The molecule has 18 heavy (non-hydrogen) atoms. The molecule has 0 spiro atoms. The molecule has 1 atom stereocenters. The van der Waals surface area contributed by atoms with Crippen molar-refractivity contribution in [1.82, 2.24) is 9.97 Å². The Morgan fingerprint density at radius 3 is 2.72 bits per heavy atom. The average molecular weight is 270 g/mol. The molecule has 0 bridgehead atoms. The summed E-state index contributed by atoms with van der Waals surface area (Å²) in [6.45, 7) is 4.73. The Morgan fingerprint density at radius 2 is 2.17 bits per heavy atom. The van der Waals surface area contributed by atoms with Crippen molar-refractivity contribution in [2.45, 2.75) is 45.1 Å². The third-order valence-corrected chi connectivity index (χ3v) is 3.62. The van der Waals surface area contributed by atoms with Crippen LogP contribution in [-0.4, -0.2) is 29.7 Å². The third kappa shape index (κ3) is 3.12. The molecule has 1 N–H and O–H groups in total. The van der Waals surface area contributed by atoms with Gasteiger partial charge in [0.2, 0.25) is 0 Å². The van der Waals surface area contributed by atoms with Crippen LogP contribution in [0.15, 0.2) is 0 Å². The van der Waals surface area contributed by atoms with E-state index in [1.807, 2.05) is 6.92 Å². The first-order chi connectivity index (χ1) is 8.65. The maximum atomic E-state index is 6.17. The second-order valence-corrected chi connectivity index (χ2v) is 5.18. The van der Waals surface area contributed by atoms with Gasteiger partial charge in [0.1, 0.15) is 16.8 Å². The van der Waals surface area contributed by atoms with Crippen molar-refractivity contribution in [2.75, 3.05) is 19.0 Å². The molecular weight excluding hydrogens is 250 g/mol. The predicted octanol–water partition coefficient (Wildman–Crippen LogP) is 3.15. The van der Waals surface area contributed by atoms with Gasteiger partial charge in [-0.15, -0.1) is 0 Å². The fraction of sp³-hybridized carbons (Fsp3) is 0.692. The van der Waals surface area contributed by atoms with Gasteiger partial charge in [0.25, 0.3) is 0 Å². The van der Waals surface area contributed by atoms with E-state index in [0.29, 0.717) is 17.7 Å². The smallest absolute Gasteiger partial charge is 0.137 e. The average Bonchev–Trinajstić information content (AvgIpc) is 3.18. The van der Waals surface area contributed by atoms with Crippen LogP contribution in [0.4, 0.5) is 5.82 Å². The fourth-order valence-corrected chi connectivity index (χ4v) is 2.00. The maximum Gasteiger partial charge on any atom is 0.137 e. The van der Waals surface area contributed by atoms with Crippen LogP contribution in [0.25, 0.3) is 0 Å². The maximum absolute atomic E-state index is 6.17. The van der Waals surface area contributed by atoms with Gasteiger partial charge in [-0.1, -0.05) is 18.5 Å². The highest BCUT2D eigenvalue weighted by molar-refractivity contribution is 6.30. The van der Waals surface area contributed by atoms with Gasteiger partial charge in [-0.05, 0) is 26.2 Å². The van der Waals surface area contributed by atoms with Gasteiger partial charge < -0.3 is 10.1 Å². The Kier molecular flexibility index (Phi) is 4.40. The van der Waals surface area contributed by atoms with Crippen LogP contribution in [0, 0.1) is 6.92 Å². The molecule has 100 valence electrons. The standard InChI is InChI=1S/C13H20ClN3O/c1-4-10(7-18-3)15-12-8(2)11(14)16-13(17-12)9-5-6-9/h9-10H,4-7H2,1-3H3,(H,15,16,17). The van der Waals surface area contributed by atoms with Gasteiger partial charge in [0.15, 0.2) is 0 Å². The molecule has 5 heteroatoms. The monoisotopic (exact) mass is 269 g/mol. The number of anilines is 1. The van der Waals surface area contributed by atoms with Crippen LogP contribution in [0.5, 0.6) is 0 Å². The number of ether oxygens (including phenoxy) is 1. The minimum Gasteiger partial charge on any atom is -0.383 e. The number of hydrogen-bond donors (Lipinski definition) is 1. The summed E-state index contributed by atoms with van der Waals surface area (Å²) in [7, 11) is 1.71. The highest BCUT2D eigenvalue weighted by Crippen LogP contribution is 2.39. The Balaban J connectivity index is 2.19. The van der Waals surface area contributed by atoms with E-state index in [0.717, 1.165) is 23.6 Å². The van der Waals surface area contributed by atoms with Gasteiger partial charge in [0.05, 0.1) is 12.6 Å². The molecule has 1 aromatic heterocycles. The van der Waals surface area contributed by atoms with Crippen LogP contribution in [0.3, 0.4) is 0 Å².